The van der Waals surface area contributed by atoms with Crippen molar-refractivity contribution in [2.75, 3.05) is 4.90 Å². The number of hydrogen-bond donors (Lipinski definition) is 0. The molecule has 4 heteroatoms. The van der Waals surface area contributed by atoms with E-state index in [1.54, 1.807) is 47.4 Å². The second kappa shape index (κ2) is 5.25. The van der Waals surface area contributed by atoms with Gasteiger partial charge in [0.25, 0.3) is 5.91 Å². The van der Waals surface area contributed by atoms with Crippen molar-refractivity contribution in [3.8, 4) is 0 Å². The zero-order valence-corrected chi connectivity index (χ0v) is 11.5. The zero-order chi connectivity index (χ0) is 14.1. The predicted octanol–water partition coefficient (Wildman–Crippen LogP) is 4.29. The van der Waals surface area contributed by atoms with Crippen molar-refractivity contribution in [2.45, 2.75) is 18.9 Å². The molecule has 0 aliphatic heterocycles. The fourth-order valence-corrected chi connectivity index (χ4v) is 2.31. The fourth-order valence-electron chi connectivity index (χ4n) is 2.18. The van der Waals surface area contributed by atoms with E-state index in [0.29, 0.717) is 16.3 Å². The molecule has 102 valence electrons. The molecule has 0 aromatic heterocycles. The van der Waals surface area contributed by atoms with Gasteiger partial charge < -0.3 is 4.90 Å². The minimum atomic E-state index is -0.373. The van der Waals surface area contributed by atoms with Crippen LogP contribution in [0, 0.1) is 5.82 Å². The minimum absolute atomic E-state index is 0.0927. The Labute approximate surface area is 121 Å². The molecule has 1 amide bonds. The summed E-state index contributed by atoms with van der Waals surface area (Å²) in [7, 11) is 0. The Morgan fingerprint density at radius 3 is 2.35 bits per heavy atom. The number of para-hydroxylation sites is 1. The van der Waals surface area contributed by atoms with Crippen LogP contribution in [0.4, 0.5) is 10.1 Å². The van der Waals surface area contributed by atoms with Gasteiger partial charge in [0.15, 0.2) is 0 Å². The van der Waals surface area contributed by atoms with Gasteiger partial charge in [-0.05, 0) is 49.2 Å². The molecule has 0 bridgehead atoms. The van der Waals surface area contributed by atoms with Gasteiger partial charge in [0.2, 0.25) is 0 Å². The van der Waals surface area contributed by atoms with E-state index in [4.69, 9.17) is 11.6 Å². The zero-order valence-electron chi connectivity index (χ0n) is 10.7. The second-order valence-electron chi connectivity index (χ2n) is 4.86. The van der Waals surface area contributed by atoms with Crippen molar-refractivity contribution >= 4 is 23.2 Å². The van der Waals surface area contributed by atoms with Crippen LogP contribution in [0.25, 0.3) is 0 Å². The summed E-state index contributed by atoms with van der Waals surface area (Å²) in [5.41, 5.74) is 0.861. The van der Waals surface area contributed by atoms with E-state index in [0.717, 1.165) is 12.8 Å². The Kier molecular flexibility index (Phi) is 3.45. The molecule has 1 saturated carbocycles. The van der Waals surface area contributed by atoms with E-state index in [9.17, 15) is 9.18 Å². The summed E-state index contributed by atoms with van der Waals surface area (Å²) in [5, 5.41) is 0.574. The number of carbonyl (C=O) groups excluding carboxylic acids is 1. The van der Waals surface area contributed by atoms with Crippen molar-refractivity contribution in [3.05, 3.63) is 64.9 Å². The number of hydrogen-bond acceptors (Lipinski definition) is 1. The molecule has 1 fully saturated rings. The Morgan fingerprint density at radius 2 is 1.75 bits per heavy atom. The molecular weight excluding hydrogens is 277 g/mol. The van der Waals surface area contributed by atoms with E-state index in [1.165, 1.54) is 6.07 Å². The standard InChI is InChI=1S/C16H13ClFNO/c17-12-7-5-11(6-8-12)16(20)19(13-9-10-13)15-4-2-1-3-14(15)18/h1-8,13H,9-10H2. The van der Waals surface area contributed by atoms with Gasteiger partial charge >= 0.3 is 0 Å². The third-order valence-electron chi connectivity index (χ3n) is 3.33. The lowest BCUT2D eigenvalue weighted by molar-refractivity contribution is 0.0984. The number of benzene rings is 2. The molecule has 3 rings (SSSR count). The first-order valence-electron chi connectivity index (χ1n) is 6.50. The van der Waals surface area contributed by atoms with E-state index >= 15 is 0 Å². The SMILES string of the molecule is O=C(c1ccc(Cl)cc1)N(c1ccccc1F)C1CC1. The molecule has 0 unspecified atom stereocenters. The van der Waals surface area contributed by atoms with E-state index in [-0.39, 0.29) is 17.8 Å². The van der Waals surface area contributed by atoms with Crippen LogP contribution in [-0.4, -0.2) is 11.9 Å². The molecular formula is C16H13ClFNO. The molecule has 20 heavy (non-hydrogen) atoms. The Hall–Kier alpha value is -1.87. The lowest BCUT2D eigenvalue weighted by Crippen LogP contribution is -2.33. The minimum Gasteiger partial charge on any atom is -0.302 e. The number of nitrogens with zero attached hydrogens (tertiary/aromatic N) is 1. The molecule has 0 N–H and O–H groups in total. The quantitative estimate of drug-likeness (QED) is 0.825. The molecule has 2 aromatic rings. The number of anilines is 1. The van der Waals surface area contributed by atoms with E-state index in [2.05, 4.69) is 0 Å². The predicted molar refractivity (Wildman–Crippen MR) is 77.7 cm³/mol. The largest absolute Gasteiger partial charge is 0.302 e. The van der Waals surface area contributed by atoms with Crippen LogP contribution in [0.15, 0.2) is 48.5 Å². The molecule has 1 aliphatic rings. The van der Waals surface area contributed by atoms with Crippen molar-refractivity contribution in [1.29, 1.82) is 0 Å². The Morgan fingerprint density at radius 1 is 1.10 bits per heavy atom. The summed E-state index contributed by atoms with van der Waals surface area (Å²) in [6.07, 6.45) is 1.82. The maximum atomic E-state index is 14.0. The lowest BCUT2D eigenvalue weighted by atomic mass is 10.1. The summed E-state index contributed by atoms with van der Waals surface area (Å²) in [6, 6.07) is 13.1. The van der Waals surface area contributed by atoms with Crippen LogP contribution in [0.1, 0.15) is 23.2 Å². The molecule has 2 nitrogen and oxygen atoms in total. The first kappa shape index (κ1) is 13.1. The normalized spacial score (nSPS) is 14.1. The smallest absolute Gasteiger partial charge is 0.258 e. The first-order chi connectivity index (χ1) is 9.66. The topological polar surface area (TPSA) is 20.3 Å². The monoisotopic (exact) mass is 289 g/mol. The summed E-state index contributed by atoms with van der Waals surface area (Å²) in [4.78, 5) is 14.2. The van der Waals surface area contributed by atoms with Gasteiger partial charge in [0.05, 0.1) is 5.69 Å². The first-order valence-corrected chi connectivity index (χ1v) is 6.88. The fraction of sp³-hybridized carbons (Fsp3) is 0.188. The van der Waals surface area contributed by atoms with Gasteiger partial charge in [-0.15, -0.1) is 0 Å². The maximum Gasteiger partial charge on any atom is 0.258 e. The third kappa shape index (κ3) is 2.54. The molecule has 0 heterocycles. The lowest BCUT2D eigenvalue weighted by Gasteiger charge is -2.23. The summed E-state index contributed by atoms with van der Waals surface area (Å²) >= 11 is 5.83. The van der Waals surface area contributed by atoms with E-state index in [1.807, 2.05) is 0 Å². The number of amides is 1. The van der Waals surface area contributed by atoms with Gasteiger partial charge in [-0.1, -0.05) is 23.7 Å². The summed E-state index contributed by atoms with van der Waals surface area (Å²) in [5.74, 6) is -0.559. The van der Waals surface area contributed by atoms with Gasteiger partial charge in [-0.2, -0.15) is 0 Å². The Balaban J connectivity index is 1.97. The second-order valence-corrected chi connectivity index (χ2v) is 5.30. The molecule has 0 saturated heterocycles. The van der Waals surface area contributed by atoms with Gasteiger partial charge in [-0.25, -0.2) is 4.39 Å². The molecule has 0 spiro atoms. The number of halogens is 2. The molecule has 0 atom stereocenters. The van der Waals surface area contributed by atoms with Crippen LogP contribution < -0.4 is 4.90 Å². The highest BCUT2D eigenvalue weighted by Gasteiger charge is 2.35. The third-order valence-corrected chi connectivity index (χ3v) is 3.59. The number of rotatable bonds is 3. The van der Waals surface area contributed by atoms with Gasteiger partial charge in [0, 0.05) is 16.6 Å². The van der Waals surface area contributed by atoms with Gasteiger partial charge in [-0.3, -0.25) is 4.79 Å². The van der Waals surface area contributed by atoms with Crippen LogP contribution in [0.3, 0.4) is 0 Å². The Bertz CT molecular complexity index is 637. The van der Waals surface area contributed by atoms with Crippen LogP contribution in [0.5, 0.6) is 0 Å². The maximum absolute atomic E-state index is 14.0. The van der Waals surface area contributed by atoms with Crippen molar-refractivity contribution in [2.24, 2.45) is 0 Å². The van der Waals surface area contributed by atoms with Crippen molar-refractivity contribution in [3.63, 3.8) is 0 Å². The van der Waals surface area contributed by atoms with Crippen molar-refractivity contribution in [1.82, 2.24) is 0 Å². The van der Waals surface area contributed by atoms with Crippen molar-refractivity contribution < 1.29 is 9.18 Å². The average molecular weight is 290 g/mol. The highest BCUT2D eigenvalue weighted by Crippen LogP contribution is 2.34. The van der Waals surface area contributed by atoms with Crippen LogP contribution in [-0.2, 0) is 0 Å². The van der Waals surface area contributed by atoms with Crippen LogP contribution in [0.2, 0.25) is 5.02 Å². The molecule has 1 aliphatic carbocycles. The van der Waals surface area contributed by atoms with Crippen LogP contribution >= 0.6 is 11.6 Å². The van der Waals surface area contributed by atoms with Gasteiger partial charge in [0.1, 0.15) is 5.82 Å². The summed E-state index contributed by atoms with van der Waals surface area (Å²) in [6.45, 7) is 0. The highest BCUT2D eigenvalue weighted by molar-refractivity contribution is 6.30. The highest BCUT2D eigenvalue weighted by atomic mass is 35.5. The molecule has 2 aromatic carbocycles. The molecule has 0 radical (unpaired) electrons. The summed E-state index contributed by atoms with van der Waals surface area (Å²) < 4.78 is 14.0. The number of carbonyl (C=O) groups is 1. The average Bonchev–Trinajstić information content (AvgIpc) is 3.26. The van der Waals surface area contributed by atoms with E-state index < -0.39 is 0 Å².